The Hall–Kier alpha value is -2.11. The Morgan fingerprint density at radius 2 is 2.08 bits per heavy atom. The molecule has 0 aliphatic carbocycles. The zero-order chi connectivity index (χ0) is 17.3. The molecule has 1 fully saturated rings. The molecule has 24 heavy (non-hydrogen) atoms. The fraction of sp³-hybridized carbons (Fsp3) is 0.333. The van der Waals surface area contributed by atoms with Crippen molar-refractivity contribution in [1.82, 2.24) is 9.47 Å². The van der Waals surface area contributed by atoms with Gasteiger partial charge in [0.25, 0.3) is 11.5 Å². The molecule has 0 radical (unpaired) electrons. The molecule has 1 amide bonds. The molecule has 1 aliphatic heterocycles. The predicted molar refractivity (Wildman–Crippen MR) is 92.3 cm³/mol. The Kier molecular flexibility index (Phi) is 4.73. The van der Waals surface area contributed by atoms with Gasteiger partial charge in [0, 0.05) is 29.9 Å². The first-order valence-corrected chi connectivity index (χ1v) is 8.18. The zero-order valence-corrected chi connectivity index (χ0v) is 14.4. The van der Waals surface area contributed by atoms with Gasteiger partial charge in [0.2, 0.25) is 0 Å². The van der Waals surface area contributed by atoms with Crippen molar-refractivity contribution in [2.24, 2.45) is 7.05 Å². The molecule has 2 atom stereocenters. The lowest BCUT2D eigenvalue weighted by Crippen LogP contribution is -2.48. The summed E-state index contributed by atoms with van der Waals surface area (Å²) in [5, 5.41) is 0.638. The molecule has 3 rings (SSSR count). The van der Waals surface area contributed by atoms with E-state index in [2.05, 4.69) is 0 Å². The lowest BCUT2D eigenvalue weighted by atomic mass is 10.0. The minimum Gasteiger partial charge on any atom is -0.370 e. The number of pyridine rings is 1. The van der Waals surface area contributed by atoms with Crippen LogP contribution in [-0.4, -0.2) is 34.6 Å². The number of aryl methyl sites for hydroxylation is 1. The summed E-state index contributed by atoms with van der Waals surface area (Å²) < 4.78 is 7.31. The van der Waals surface area contributed by atoms with Crippen LogP contribution in [0.25, 0.3) is 0 Å². The second-order valence-electron chi connectivity index (χ2n) is 6.05. The number of halogens is 1. The molecule has 0 spiro atoms. The van der Waals surface area contributed by atoms with Crippen molar-refractivity contribution in [3.05, 3.63) is 69.1 Å². The molecular formula is C18H19ClN2O3. The highest BCUT2D eigenvalue weighted by Gasteiger charge is 2.31. The number of rotatable bonds is 2. The number of nitrogens with zero attached hydrogens (tertiary/aromatic N) is 2. The average Bonchev–Trinajstić information content (AvgIpc) is 2.57. The Balaban J connectivity index is 1.84. The summed E-state index contributed by atoms with van der Waals surface area (Å²) in [6, 6.07) is 10.4. The number of carbonyl (C=O) groups is 1. The lowest BCUT2D eigenvalue weighted by molar-refractivity contribution is -0.0486. The average molecular weight is 347 g/mol. The van der Waals surface area contributed by atoms with Gasteiger partial charge in [-0.15, -0.1) is 0 Å². The van der Waals surface area contributed by atoms with Crippen LogP contribution in [0.5, 0.6) is 0 Å². The van der Waals surface area contributed by atoms with Gasteiger partial charge >= 0.3 is 0 Å². The normalized spacial score (nSPS) is 20.9. The van der Waals surface area contributed by atoms with Crippen LogP contribution in [0.15, 0.2) is 47.4 Å². The van der Waals surface area contributed by atoms with Gasteiger partial charge in [0.1, 0.15) is 6.10 Å². The number of benzene rings is 1. The maximum atomic E-state index is 12.8. The first-order chi connectivity index (χ1) is 11.5. The Bertz CT molecular complexity index is 818. The summed E-state index contributed by atoms with van der Waals surface area (Å²) in [6.45, 7) is 2.80. The molecule has 126 valence electrons. The van der Waals surface area contributed by atoms with E-state index in [0.717, 1.165) is 5.56 Å². The summed E-state index contributed by atoms with van der Waals surface area (Å²) in [7, 11) is 1.66. The van der Waals surface area contributed by atoms with E-state index >= 15 is 0 Å². The van der Waals surface area contributed by atoms with Crippen LogP contribution in [0.1, 0.15) is 28.9 Å². The summed E-state index contributed by atoms with van der Waals surface area (Å²) >= 11 is 6.05. The standard InChI is InChI=1S/C18H19ClN2O3/c1-12-11-24-16(13-4-3-5-15(19)8-13)10-21(12)18(23)14-6-7-20(2)17(22)9-14/h3-9,12,16H,10-11H2,1-2H3/t12-,16-/m0/s1. The van der Waals surface area contributed by atoms with E-state index in [1.165, 1.54) is 10.6 Å². The zero-order valence-electron chi connectivity index (χ0n) is 13.6. The van der Waals surface area contributed by atoms with Gasteiger partial charge in [-0.05, 0) is 30.7 Å². The van der Waals surface area contributed by atoms with E-state index in [1.54, 1.807) is 30.3 Å². The number of hydrogen-bond donors (Lipinski definition) is 0. The van der Waals surface area contributed by atoms with Crippen molar-refractivity contribution in [3.63, 3.8) is 0 Å². The van der Waals surface area contributed by atoms with E-state index in [9.17, 15) is 9.59 Å². The number of aromatic nitrogens is 1. The van der Waals surface area contributed by atoms with E-state index < -0.39 is 0 Å². The van der Waals surface area contributed by atoms with Crippen molar-refractivity contribution >= 4 is 17.5 Å². The fourth-order valence-electron chi connectivity index (χ4n) is 2.80. The first-order valence-electron chi connectivity index (χ1n) is 7.80. The third-order valence-electron chi connectivity index (χ3n) is 4.27. The van der Waals surface area contributed by atoms with Crippen LogP contribution in [0.4, 0.5) is 0 Å². The maximum Gasteiger partial charge on any atom is 0.254 e. The van der Waals surface area contributed by atoms with Crippen molar-refractivity contribution in [1.29, 1.82) is 0 Å². The summed E-state index contributed by atoms with van der Waals surface area (Å²) in [6.07, 6.45) is 1.38. The molecule has 6 heteroatoms. The molecule has 0 N–H and O–H groups in total. The largest absolute Gasteiger partial charge is 0.370 e. The number of hydrogen-bond acceptors (Lipinski definition) is 3. The Morgan fingerprint density at radius 3 is 2.79 bits per heavy atom. The van der Waals surface area contributed by atoms with Crippen LogP contribution in [0.3, 0.4) is 0 Å². The summed E-state index contributed by atoms with van der Waals surface area (Å²) in [5.74, 6) is -0.157. The third kappa shape index (κ3) is 3.37. The lowest BCUT2D eigenvalue weighted by Gasteiger charge is -2.38. The van der Waals surface area contributed by atoms with Crippen molar-refractivity contribution in [3.8, 4) is 0 Å². The van der Waals surface area contributed by atoms with Gasteiger partial charge in [0.05, 0.1) is 19.2 Å². The van der Waals surface area contributed by atoms with Crippen molar-refractivity contribution in [2.45, 2.75) is 19.1 Å². The predicted octanol–water partition coefficient (Wildman–Crippen LogP) is 2.64. The van der Waals surface area contributed by atoms with Crippen LogP contribution in [0.2, 0.25) is 5.02 Å². The third-order valence-corrected chi connectivity index (χ3v) is 4.50. The number of morpholine rings is 1. The number of carbonyl (C=O) groups excluding carboxylic acids is 1. The first kappa shape index (κ1) is 16.7. The van der Waals surface area contributed by atoms with Crippen LogP contribution in [0, 0.1) is 0 Å². The van der Waals surface area contributed by atoms with Crippen LogP contribution >= 0.6 is 11.6 Å². The van der Waals surface area contributed by atoms with Gasteiger partial charge < -0.3 is 14.2 Å². The number of ether oxygens (including phenoxy) is 1. The van der Waals surface area contributed by atoms with Gasteiger partial charge in [0.15, 0.2) is 0 Å². The molecule has 2 aromatic rings. The molecule has 0 bridgehead atoms. The topological polar surface area (TPSA) is 51.5 Å². The molecule has 1 aromatic carbocycles. The van der Waals surface area contributed by atoms with Gasteiger partial charge in [-0.1, -0.05) is 23.7 Å². The highest BCUT2D eigenvalue weighted by atomic mass is 35.5. The van der Waals surface area contributed by atoms with Gasteiger partial charge in [-0.3, -0.25) is 9.59 Å². The summed E-state index contributed by atoms with van der Waals surface area (Å²) in [5.41, 5.74) is 1.14. The highest BCUT2D eigenvalue weighted by Crippen LogP contribution is 2.27. The molecule has 2 heterocycles. The minimum absolute atomic E-state index is 0.0583. The number of amides is 1. The quantitative estimate of drug-likeness (QED) is 0.840. The Labute approximate surface area is 145 Å². The molecular weight excluding hydrogens is 328 g/mol. The van der Waals surface area contributed by atoms with E-state index in [1.807, 2.05) is 25.1 Å². The molecule has 1 aliphatic rings. The van der Waals surface area contributed by atoms with Crippen LogP contribution < -0.4 is 5.56 Å². The van der Waals surface area contributed by atoms with E-state index in [-0.39, 0.29) is 23.6 Å². The van der Waals surface area contributed by atoms with Crippen molar-refractivity contribution in [2.75, 3.05) is 13.2 Å². The molecule has 0 saturated carbocycles. The van der Waals surface area contributed by atoms with Gasteiger partial charge in [-0.2, -0.15) is 0 Å². The van der Waals surface area contributed by atoms with Crippen molar-refractivity contribution < 1.29 is 9.53 Å². The highest BCUT2D eigenvalue weighted by molar-refractivity contribution is 6.30. The molecule has 0 unspecified atom stereocenters. The van der Waals surface area contributed by atoms with Crippen LogP contribution in [-0.2, 0) is 11.8 Å². The molecule has 1 aromatic heterocycles. The van der Waals surface area contributed by atoms with Gasteiger partial charge in [-0.25, -0.2) is 0 Å². The minimum atomic E-state index is -0.226. The SMILES string of the molecule is C[C@H]1CO[C@H](c2cccc(Cl)c2)CN1C(=O)c1ccn(C)c(=O)c1. The smallest absolute Gasteiger partial charge is 0.254 e. The Morgan fingerprint density at radius 1 is 1.29 bits per heavy atom. The second kappa shape index (κ2) is 6.79. The molecule has 1 saturated heterocycles. The monoisotopic (exact) mass is 346 g/mol. The maximum absolute atomic E-state index is 12.8. The van der Waals surface area contributed by atoms with E-state index in [4.69, 9.17) is 16.3 Å². The van der Waals surface area contributed by atoms with E-state index in [0.29, 0.717) is 23.7 Å². The summed E-state index contributed by atoms with van der Waals surface area (Å²) in [4.78, 5) is 26.4. The fourth-order valence-corrected chi connectivity index (χ4v) is 2.99. The second-order valence-corrected chi connectivity index (χ2v) is 6.48. The molecule has 5 nitrogen and oxygen atoms in total.